The SMILES string of the molecule is CC(C)n1nc2c(c1CCN=[N+]=[N-])CCC2. The molecule has 0 amide bonds. The molecule has 0 aromatic carbocycles. The number of nitrogens with zero attached hydrogens (tertiary/aromatic N) is 5. The Bertz CT molecular complexity index is 426. The normalized spacial score (nSPS) is 13.9. The second-order valence-corrected chi connectivity index (χ2v) is 4.47. The molecule has 5 nitrogen and oxygen atoms in total. The molecule has 0 fully saturated rings. The molecule has 1 aromatic rings. The maximum Gasteiger partial charge on any atom is 0.0659 e. The Morgan fingerprint density at radius 2 is 2.31 bits per heavy atom. The number of azide groups is 1. The van der Waals surface area contributed by atoms with Gasteiger partial charge in [-0.2, -0.15) is 5.10 Å². The van der Waals surface area contributed by atoms with E-state index < -0.39 is 0 Å². The molecule has 86 valence electrons. The Balaban J connectivity index is 2.28. The van der Waals surface area contributed by atoms with Gasteiger partial charge in [0.25, 0.3) is 0 Å². The van der Waals surface area contributed by atoms with E-state index in [1.165, 1.54) is 23.4 Å². The van der Waals surface area contributed by atoms with E-state index in [9.17, 15) is 0 Å². The van der Waals surface area contributed by atoms with Crippen molar-refractivity contribution < 1.29 is 0 Å². The van der Waals surface area contributed by atoms with Gasteiger partial charge in [-0.1, -0.05) is 5.11 Å². The standard InChI is InChI=1S/C11H17N5/c1-8(2)16-11(6-7-13-15-12)9-4-3-5-10(9)14-16/h8H,3-7H2,1-2H3. The second-order valence-electron chi connectivity index (χ2n) is 4.47. The summed E-state index contributed by atoms with van der Waals surface area (Å²) in [5, 5.41) is 8.26. The van der Waals surface area contributed by atoms with Gasteiger partial charge in [0.15, 0.2) is 0 Å². The summed E-state index contributed by atoms with van der Waals surface area (Å²) >= 11 is 0. The van der Waals surface area contributed by atoms with Crippen molar-refractivity contribution in [2.45, 2.75) is 45.6 Å². The molecule has 0 saturated carbocycles. The van der Waals surface area contributed by atoms with Crippen LogP contribution in [-0.4, -0.2) is 16.3 Å². The molecule has 1 aromatic heterocycles. The quantitative estimate of drug-likeness (QED) is 0.436. The zero-order valence-corrected chi connectivity index (χ0v) is 9.85. The van der Waals surface area contributed by atoms with Gasteiger partial charge < -0.3 is 0 Å². The zero-order chi connectivity index (χ0) is 11.5. The van der Waals surface area contributed by atoms with Crippen molar-refractivity contribution in [3.05, 3.63) is 27.4 Å². The lowest BCUT2D eigenvalue weighted by atomic mass is 10.1. The molecule has 5 heteroatoms. The number of hydrogen-bond acceptors (Lipinski definition) is 2. The maximum absolute atomic E-state index is 8.30. The van der Waals surface area contributed by atoms with Crippen LogP contribution in [0.25, 0.3) is 10.4 Å². The fourth-order valence-electron chi connectivity index (χ4n) is 2.37. The van der Waals surface area contributed by atoms with Gasteiger partial charge in [-0.05, 0) is 50.6 Å². The van der Waals surface area contributed by atoms with Crippen LogP contribution in [0.2, 0.25) is 0 Å². The third-order valence-electron chi connectivity index (χ3n) is 3.04. The first-order valence-electron chi connectivity index (χ1n) is 5.84. The first kappa shape index (κ1) is 11.0. The van der Waals surface area contributed by atoms with Crippen molar-refractivity contribution >= 4 is 0 Å². The van der Waals surface area contributed by atoms with E-state index in [4.69, 9.17) is 5.53 Å². The highest BCUT2D eigenvalue weighted by atomic mass is 15.3. The molecule has 0 spiro atoms. The van der Waals surface area contributed by atoms with Gasteiger partial charge in [0.1, 0.15) is 0 Å². The Hall–Kier alpha value is -1.48. The molecule has 2 rings (SSSR count). The number of hydrogen-bond donors (Lipinski definition) is 0. The van der Waals surface area contributed by atoms with E-state index in [1.54, 1.807) is 0 Å². The average molecular weight is 219 g/mol. The zero-order valence-electron chi connectivity index (χ0n) is 9.85. The van der Waals surface area contributed by atoms with Gasteiger partial charge in [-0.25, -0.2) is 0 Å². The second kappa shape index (κ2) is 4.58. The maximum atomic E-state index is 8.30. The highest BCUT2D eigenvalue weighted by Gasteiger charge is 2.22. The van der Waals surface area contributed by atoms with Crippen molar-refractivity contribution in [3.8, 4) is 0 Å². The Kier molecular flexibility index (Phi) is 3.15. The predicted octanol–water partition coefficient (Wildman–Crippen LogP) is 2.81. The smallest absolute Gasteiger partial charge is 0.0659 e. The van der Waals surface area contributed by atoms with E-state index in [-0.39, 0.29) is 0 Å². The number of aryl methyl sites for hydroxylation is 1. The van der Waals surface area contributed by atoms with Gasteiger partial charge in [0.2, 0.25) is 0 Å². The molecule has 0 bridgehead atoms. The summed E-state index contributed by atoms with van der Waals surface area (Å²) in [6.07, 6.45) is 4.26. The number of aromatic nitrogens is 2. The highest BCUT2D eigenvalue weighted by Crippen LogP contribution is 2.27. The monoisotopic (exact) mass is 219 g/mol. The van der Waals surface area contributed by atoms with Crippen molar-refractivity contribution in [2.24, 2.45) is 5.11 Å². The van der Waals surface area contributed by atoms with Crippen LogP contribution < -0.4 is 0 Å². The summed E-state index contributed by atoms with van der Waals surface area (Å²) in [5.41, 5.74) is 12.2. The van der Waals surface area contributed by atoms with Crippen LogP contribution in [0.3, 0.4) is 0 Å². The molecule has 1 aliphatic rings. The third-order valence-corrected chi connectivity index (χ3v) is 3.04. The van der Waals surface area contributed by atoms with E-state index in [2.05, 4.69) is 33.7 Å². The van der Waals surface area contributed by atoms with Crippen molar-refractivity contribution in [3.63, 3.8) is 0 Å². The van der Waals surface area contributed by atoms with E-state index in [0.29, 0.717) is 12.6 Å². The van der Waals surface area contributed by atoms with Crippen LogP contribution >= 0.6 is 0 Å². The molecule has 0 aliphatic heterocycles. The largest absolute Gasteiger partial charge is 0.267 e. The molecule has 0 radical (unpaired) electrons. The molecule has 0 atom stereocenters. The lowest BCUT2D eigenvalue weighted by Gasteiger charge is -2.11. The summed E-state index contributed by atoms with van der Waals surface area (Å²) < 4.78 is 2.09. The number of fused-ring (bicyclic) bond motifs is 1. The topological polar surface area (TPSA) is 66.6 Å². The van der Waals surface area contributed by atoms with Crippen LogP contribution in [0, 0.1) is 0 Å². The summed E-state index contributed by atoms with van der Waals surface area (Å²) in [4.78, 5) is 2.80. The van der Waals surface area contributed by atoms with Crippen LogP contribution in [0.4, 0.5) is 0 Å². The van der Waals surface area contributed by atoms with Gasteiger partial charge in [0, 0.05) is 23.2 Å². The molecule has 1 aliphatic carbocycles. The summed E-state index contributed by atoms with van der Waals surface area (Å²) in [6, 6.07) is 0.381. The van der Waals surface area contributed by atoms with E-state index >= 15 is 0 Å². The van der Waals surface area contributed by atoms with Crippen molar-refractivity contribution in [1.82, 2.24) is 9.78 Å². The molecule has 1 heterocycles. The van der Waals surface area contributed by atoms with E-state index in [1.807, 2.05) is 0 Å². The molecule has 16 heavy (non-hydrogen) atoms. The van der Waals surface area contributed by atoms with Crippen LogP contribution in [0.15, 0.2) is 5.11 Å². The Morgan fingerprint density at radius 3 is 3.00 bits per heavy atom. The first-order valence-corrected chi connectivity index (χ1v) is 5.84. The molecule has 0 unspecified atom stereocenters. The Labute approximate surface area is 95.1 Å². The fraction of sp³-hybridized carbons (Fsp3) is 0.727. The van der Waals surface area contributed by atoms with Gasteiger partial charge in [0.05, 0.1) is 5.69 Å². The minimum absolute atomic E-state index is 0.381. The average Bonchev–Trinajstić information content (AvgIpc) is 2.79. The van der Waals surface area contributed by atoms with E-state index in [0.717, 1.165) is 19.3 Å². The van der Waals surface area contributed by atoms with Gasteiger partial charge in [-0.15, -0.1) is 0 Å². The Morgan fingerprint density at radius 1 is 1.50 bits per heavy atom. The van der Waals surface area contributed by atoms with Crippen LogP contribution in [-0.2, 0) is 19.3 Å². The van der Waals surface area contributed by atoms with Crippen LogP contribution in [0.5, 0.6) is 0 Å². The van der Waals surface area contributed by atoms with Crippen LogP contribution in [0.1, 0.15) is 43.3 Å². The van der Waals surface area contributed by atoms with Crippen molar-refractivity contribution in [1.29, 1.82) is 0 Å². The molecular weight excluding hydrogens is 202 g/mol. The summed E-state index contributed by atoms with van der Waals surface area (Å²) in [6.45, 7) is 4.81. The predicted molar refractivity (Wildman–Crippen MR) is 62.4 cm³/mol. The minimum Gasteiger partial charge on any atom is -0.267 e. The lowest BCUT2D eigenvalue weighted by Crippen LogP contribution is -2.10. The lowest BCUT2D eigenvalue weighted by molar-refractivity contribution is 0.500. The molecule has 0 saturated heterocycles. The summed E-state index contributed by atoms with van der Waals surface area (Å²) in [7, 11) is 0. The summed E-state index contributed by atoms with van der Waals surface area (Å²) in [5.74, 6) is 0. The first-order chi connectivity index (χ1) is 7.74. The number of rotatable bonds is 4. The molecular formula is C11H17N5. The minimum atomic E-state index is 0.381. The highest BCUT2D eigenvalue weighted by molar-refractivity contribution is 5.31. The third kappa shape index (κ3) is 1.91. The van der Waals surface area contributed by atoms with Gasteiger partial charge >= 0.3 is 0 Å². The van der Waals surface area contributed by atoms with Crippen molar-refractivity contribution in [2.75, 3.05) is 6.54 Å². The fourth-order valence-corrected chi connectivity index (χ4v) is 2.37. The molecule has 0 N–H and O–H groups in total. The van der Waals surface area contributed by atoms with Gasteiger partial charge in [-0.3, -0.25) is 4.68 Å².